The standard InChI is InChI=1S/C31H37Cl2N3/c1-18(2)22-12-9-13-23(19(3)4)28(22)35-30(32)26-16-11-17-27(34-26)31(33)36-29-24(20(5)6)14-10-15-25(29)21(7)8/h9-21H,1-8H3. The van der Waals surface area contributed by atoms with Gasteiger partial charge in [0.05, 0.1) is 11.4 Å². The zero-order chi connectivity index (χ0) is 26.6. The Morgan fingerprint density at radius 2 is 0.806 bits per heavy atom. The van der Waals surface area contributed by atoms with Crippen molar-refractivity contribution in [1.82, 2.24) is 4.98 Å². The number of pyridine rings is 1. The molecule has 1 aromatic heterocycles. The van der Waals surface area contributed by atoms with E-state index < -0.39 is 0 Å². The first-order valence-electron chi connectivity index (χ1n) is 12.7. The van der Waals surface area contributed by atoms with Gasteiger partial charge in [-0.15, -0.1) is 0 Å². The van der Waals surface area contributed by atoms with Crippen LogP contribution >= 0.6 is 23.2 Å². The molecule has 3 nitrogen and oxygen atoms in total. The van der Waals surface area contributed by atoms with Crippen LogP contribution in [0.2, 0.25) is 0 Å². The van der Waals surface area contributed by atoms with E-state index in [4.69, 9.17) is 38.2 Å². The monoisotopic (exact) mass is 521 g/mol. The Hall–Kier alpha value is -2.49. The molecule has 0 aliphatic heterocycles. The molecule has 0 saturated carbocycles. The third-order valence-electron chi connectivity index (χ3n) is 6.28. The van der Waals surface area contributed by atoms with Gasteiger partial charge in [0.1, 0.15) is 11.4 Å². The molecular formula is C31H37Cl2N3. The minimum Gasteiger partial charge on any atom is -0.243 e. The van der Waals surface area contributed by atoms with Crippen LogP contribution in [0.3, 0.4) is 0 Å². The summed E-state index contributed by atoms with van der Waals surface area (Å²) in [5.41, 5.74) is 7.65. The SMILES string of the molecule is CC(C)c1cccc(C(C)C)c1N=C(Cl)c1cccc(C(Cl)=Nc2c(C(C)C)cccc2C(C)C)n1. The first-order chi connectivity index (χ1) is 17.0. The topological polar surface area (TPSA) is 37.6 Å². The lowest BCUT2D eigenvalue weighted by Crippen LogP contribution is -2.04. The maximum atomic E-state index is 6.77. The summed E-state index contributed by atoms with van der Waals surface area (Å²) in [6.45, 7) is 17.3. The smallest absolute Gasteiger partial charge is 0.155 e. The van der Waals surface area contributed by atoms with Crippen LogP contribution in [0.5, 0.6) is 0 Å². The fourth-order valence-electron chi connectivity index (χ4n) is 4.26. The highest BCUT2D eigenvalue weighted by Crippen LogP contribution is 2.37. The highest BCUT2D eigenvalue weighted by molar-refractivity contribution is 6.70. The molecule has 0 saturated heterocycles. The fourth-order valence-corrected chi connectivity index (χ4v) is 4.64. The van der Waals surface area contributed by atoms with Crippen molar-refractivity contribution in [3.05, 3.63) is 88.2 Å². The van der Waals surface area contributed by atoms with Crippen molar-refractivity contribution in [2.24, 2.45) is 9.98 Å². The molecule has 0 unspecified atom stereocenters. The molecule has 2 aromatic carbocycles. The number of benzene rings is 2. The Kier molecular flexibility index (Phi) is 9.49. The molecule has 1 heterocycles. The van der Waals surface area contributed by atoms with Gasteiger partial charge in [0.2, 0.25) is 0 Å². The van der Waals surface area contributed by atoms with Crippen LogP contribution in [-0.4, -0.2) is 15.3 Å². The van der Waals surface area contributed by atoms with E-state index in [9.17, 15) is 0 Å². The third kappa shape index (κ3) is 6.44. The van der Waals surface area contributed by atoms with Gasteiger partial charge in [0, 0.05) is 0 Å². The summed E-state index contributed by atoms with van der Waals surface area (Å²) in [5.74, 6) is 1.29. The Labute approximate surface area is 226 Å². The summed E-state index contributed by atoms with van der Waals surface area (Å²) in [6.07, 6.45) is 0. The average molecular weight is 523 g/mol. The van der Waals surface area contributed by atoms with Gasteiger partial charge < -0.3 is 0 Å². The molecule has 0 aliphatic rings. The van der Waals surface area contributed by atoms with Gasteiger partial charge in [-0.05, 0) is 58.1 Å². The number of para-hydroxylation sites is 2. The van der Waals surface area contributed by atoms with E-state index in [2.05, 4.69) is 91.8 Å². The molecule has 0 N–H and O–H groups in total. The molecule has 0 radical (unpaired) electrons. The quantitative estimate of drug-likeness (QED) is 0.271. The van der Waals surface area contributed by atoms with Crippen LogP contribution < -0.4 is 0 Å². The number of aliphatic imine (C=N–C) groups is 2. The van der Waals surface area contributed by atoms with Crippen molar-refractivity contribution in [2.45, 2.75) is 79.1 Å². The van der Waals surface area contributed by atoms with Gasteiger partial charge in [0.25, 0.3) is 0 Å². The molecule has 5 heteroatoms. The van der Waals surface area contributed by atoms with E-state index >= 15 is 0 Å². The van der Waals surface area contributed by atoms with Crippen LogP contribution in [0.15, 0.2) is 64.6 Å². The predicted molar refractivity (Wildman–Crippen MR) is 158 cm³/mol. The van der Waals surface area contributed by atoms with E-state index in [1.165, 1.54) is 22.3 Å². The fraction of sp³-hybridized carbons (Fsp3) is 0.387. The van der Waals surface area contributed by atoms with E-state index in [1.54, 1.807) is 0 Å². The van der Waals surface area contributed by atoms with Crippen LogP contribution in [0, 0.1) is 0 Å². The second-order valence-electron chi connectivity index (χ2n) is 10.4. The van der Waals surface area contributed by atoms with Crippen molar-refractivity contribution in [2.75, 3.05) is 0 Å². The summed E-state index contributed by atoms with van der Waals surface area (Å²) in [7, 11) is 0. The van der Waals surface area contributed by atoms with E-state index in [0.717, 1.165) is 11.4 Å². The van der Waals surface area contributed by atoms with Crippen molar-refractivity contribution < 1.29 is 0 Å². The summed E-state index contributed by atoms with van der Waals surface area (Å²) in [6, 6.07) is 18.2. The number of hydrogen-bond donors (Lipinski definition) is 0. The minimum atomic E-state index is 0.323. The second kappa shape index (κ2) is 12.2. The van der Waals surface area contributed by atoms with Gasteiger partial charge in [-0.1, -0.05) is 121 Å². The van der Waals surface area contributed by atoms with Crippen LogP contribution in [0.25, 0.3) is 0 Å². The maximum absolute atomic E-state index is 6.77. The molecule has 36 heavy (non-hydrogen) atoms. The molecule has 0 aliphatic carbocycles. The Balaban J connectivity index is 2.08. The van der Waals surface area contributed by atoms with Gasteiger partial charge in [0.15, 0.2) is 10.3 Å². The van der Waals surface area contributed by atoms with Crippen molar-refractivity contribution >= 4 is 44.9 Å². The van der Waals surface area contributed by atoms with Gasteiger partial charge >= 0.3 is 0 Å². The molecule has 0 spiro atoms. The molecule has 0 fully saturated rings. The van der Waals surface area contributed by atoms with E-state index in [0.29, 0.717) is 45.4 Å². The van der Waals surface area contributed by atoms with Gasteiger partial charge in [-0.3, -0.25) is 0 Å². The van der Waals surface area contributed by atoms with Gasteiger partial charge in [-0.25, -0.2) is 15.0 Å². The van der Waals surface area contributed by atoms with Gasteiger partial charge in [-0.2, -0.15) is 0 Å². The summed E-state index contributed by atoms with van der Waals surface area (Å²) >= 11 is 13.5. The molecule has 0 atom stereocenters. The molecule has 190 valence electrons. The number of nitrogens with zero attached hydrogens (tertiary/aromatic N) is 3. The molecule has 0 bridgehead atoms. The molecule has 3 aromatic rings. The lowest BCUT2D eigenvalue weighted by molar-refractivity contribution is 0.834. The summed E-state index contributed by atoms with van der Waals surface area (Å²) in [5, 5.41) is 0.670. The minimum absolute atomic E-state index is 0.323. The first kappa shape index (κ1) is 28.1. The second-order valence-corrected chi connectivity index (χ2v) is 11.1. The molecule has 3 rings (SSSR count). The lowest BCUT2D eigenvalue weighted by Gasteiger charge is -2.17. The van der Waals surface area contributed by atoms with E-state index in [1.807, 2.05) is 18.2 Å². The lowest BCUT2D eigenvalue weighted by atomic mass is 9.93. The summed E-state index contributed by atoms with van der Waals surface area (Å²) in [4.78, 5) is 14.5. The highest BCUT2D eigenvalue weighted by atomic mass is 35.5. The molecular weight excluding hydrogens is 485 g/mol. The third-order valence-corrected chi connectivity index (χ3v) is 6.83. The van der Waals surface area contributed by atoms with E-state index in [-0.39, 0.29) is 0 Å². The highest BCUT2D eigenvalue weighted by Gasteiger charge is 2.17. The molecule has 0 amide bonds. The van der Waals surface area contributed by atoms with Crippen LogP contribution in [-0.2, 0) is 0 Å². The number of rotatable bonds is 8. The van der Waals surface area contributed by atoms with Crippen molar-refractivity contribution in [3.8, 4) is 0 Å². The maximum Gasteiger partial charge on any atom is 0.155 e. The van der Waals surface area contributed by atoms with Crippen molar-refractivity contribution in [1.29, 1.82) is 0 Å². The number of hydrogen-bond acceptors (Lipinski definition) is 3. The Morgan fingerprint density at radius 1 is 0.528 bits per heavy atom. The summed E-state index contributed by atoms with van der Waals surface area (Å²) < 4.78 is 0. The average Bonchev–Trinajstić information content (AvgIpc) is 2.83. The Bertz CT molecular complexity index is 1120. The predicted octanol–water partition coefficient (Wildman–Crippen LogP) is 10.2. The number of aromatic nitrogens is 1. The van der Waals surface area contributed by atoms with Crippen LogP contribution in [0.4, 0.5) is 11.4 Å². The largest absolute Gasteiger partial charge is 0.243 e. The van der Waals surface area contributed by atoms with Crippen molar-refractivity contribution in [3.63, 3.8) is 0 Å². The van der Waals surface area contributed by atoms with Crippen LogP contribution in [0.1, 0.15) is 113 Å². The zero-order valence-electron chi connectivity index (χ0n) is 22.6. The number of halogens is 2. The normalized spacial score (nSPS) is 12.9. The first-order valence-corrected chi connectivity index (χ1v) is 13.5. The Morgan fingerprint density at radius 3 is 1.08 bits per heavy atom. The zero-order valence-corrected chi connectivity index (χ0v) is 24.1.